The molecule has 5 rings (SSSR count). The largest absolute Gasteiger partial charge is 0.385 e. The van der Waals surface area contributed by atoms with E-state index in [-0.39, 0.29) is 5.56 Å². The molecule has 7 nitrogen and oxygen atoms in total. The van der Waals surface area contributed by atoms with Crippen LogP contribution in [0.1, 0.15) is 6.42 Å². The molecule has 0 atom stereocenters. The number of benzene rings is 2. The van der Waals surface area contributed by atoms with E-state index in [1.54, 1.807) is 24.1 Å². The number of hydrogen-bond acceptors (Lipinski definition) is 5. The van der Waals surface area contributed by atoms with Gasteiger partial charge in [0.1, 0.15) is 10.9 Å². The van der Waals surface area contributed by atoms with Crippen LogP contribution >= 0.6 is 11.6 Å². The summed E-state index contributed by atoms with van der Waals surface area (Å²) in [6.45, 7) is 1.08. The van der Waals surface area contributed by atoms with E-state index in [1.165, 1.54) is 0 Å². The van der Waals surface area contributed by atoms with Crippen molar-refractivity contribution in [2.45, 2.75) is 13.0 Å². The first-order valence-corrected chi connectivity index (χ1v) is 9.96. The third kappa shape index (κ3) is 3.03. The minimum absolute atomic E-state index is 0.147. The van der Waals surface area contributed by atoms with Crippen molar-refractivity contribution in [2.75, 3.05) is 13.7 Å². The molecule has 0 saturated heterocycles. The molecule has 0 unspecified atom stereocenters. The van der Waals surface area contributed by atoms with Crippen LogP contribution in [0.15, 0.2) is 59.7 Å². The van der Waals surface area contributed by atoms with Crippen LogP contribution in [0.3, 0.4) is 0 Å². The Kier molecular flexibility index (Phi) is 4.69. The second-order valence-electron chi connectivity index (χ2n) is 6.99. The van der Waals surface area contributed by atoms with Crippen molar-refractivity contribution in [2.24, 2.45) is 0 Å². The van der Waals surface area contributed by atoms with Crippen molar-refractivity contribution in [3.63, 3.8) is 0 Å². The van der Waals surface area contributed by atoms with E-state index in [1.807, 2.05) is 47.0 Å². The summed E-state index contributed by atoms with van der Waals surface area (Å²) < 4.78 is 8.55. The molecule has 0 spiro atoms. The van der Waals surface area contributed by atoms with Gasteiger partial charge in [0.25, 0.3) is 5.56 Å². The lowest BCUT2D eigenvalue weighted by atomic mass is 10.3. The number of halogens is 1. The van der Waals surface area contributed by atoms with Gasteiger partial charge in [-0.25, -0.2) is 15.0 Å². The van der Waals surface area contributed by atoms with Gasteiger partial charge < -0.3 is 4.74 Å². The minimum atomic E-state index is -0.147. The van der Waals surface area contributed by atoms with E-state index < -0.39 is 0 Å². The molecule has 0 aliphatic heterocycles. The van der Waals surface area contributed by atoms with E-state index >= 15 is 0 Å². The predicted octanol–water partition coefficient (Wildman–Crippen LogP) is 3.97. The monoisotopic (exact) mass is 419 g/mol. The zero-order valence-corrected chi connectivity index (χ0v) is 17.0. The summed E-state index contributed by atoms with van der Waals surface area (Å²) in [7, 11) is 1.64. The van der Waals surface area contributed by atoms with E-state index in [2.05, 4.69) is 4.98 Å². The van der Waals surface area contributed by atoms with Crippen LogP contribution in [0, 0.1) is 0 Å². The molecular formula is C22H18ClN5O2. The first-order valence-electron chi connectivity index (χ1n) is 9.58. The Morgan fingerprint density at radius 2 is 1.83 bits per heavy atom. The van der Waals surface area contributed by atoms with E-state index in [9.17, 15) is 4.79 Å². The average molecular weight is 420 g/mol. The highest BCUT2D eigenvalue weighted by Gasteiger charge is 2.20. The lowest BCUT2D eigenvalue weighted by molar-refractivity contribution is 0.190. The topological polar surface area (TPSA) is 74.8 Å². The Bertz CT molecular complexity index is 1460. The Morgan fingerprint density at radius 3 is 2.60 bits per heavy atom. The van der Waals surface area contributed by atoms with Crippen LogP contribution in [-0.4, -0.2) is 37.8 Å². The molecule has 0 bridgehead atoms. The van der Waals surface area contributed by atoms with E-state index in [4.69, 9.17) is 26.3 Å². The SMILES string of the molecule is COCCCn1cnc2c(c1=O)c1nc3ccccc3nc1n2-c1cccc(Cl)c1. The van der Waals surface area contributed by atoms with Crippen LogP contribution in [0.4, 0.5) is 0 Å². The first-order chi connectivity index (χ1) is 14.7. The highest BCUT2D eigenvalue weighted by atomic mass is 35.5. The standard InChI is InChI=1S/C22H18ClN5O2/c1-30-11-5-10-27-13-24-20-18(22(27)29)19-21(26-17-9-3-2-8-16(17)25-19)28(20)15-7-4-6-14(23)12-15/h2-4,6-9,12-13H,5,10-11H2,1H3. The maximum Gasteiger partial charge on any atom is 0.265 e. The van der Waals surface area contributed by atoms with Gasteiger partial charge in [-0.05, 0) is 36.8 Å². The molecular weight excluding hydrogens is 402 g/mol. The predicted molar refractivity (Wildman–Crippen MR) is 117 cm³/mol. The molecule has 0 aliphatic rings. The van der Waals surface area contributed by atoms with Gasteiger partial charge in [0.2, 0.25) is 0 Å². The maximum absolute atomic E-state index is 13.4. The molecule has 150 valence electrons. The lowest BCUT2D eigenvalue weighted by Gasteiger charge is -2.08. The first kappa shape index (κ1) is 18.7. The fourth-order valence-corrected chi connectivity index (χ4v) is 3.85. The summed E-state index contributed by atoms with van der Waals surface area (Å²) in [6, 6.07) is 15.0. The fourth-order valence-electron chi connectivity index (χ4n) is 3.67. The number of hydrogen-bond donors (Lipinski definition) is 0. The number of rotatable bonds is 5. The number of aryl methyl sites for hydroxylation is 1. The molecule has 8 heteroatoms. The van der Waals surface area contributed by atoms with Crippen molar-refractivity contribution >= 4 is 44.8 Å². The van der Waals surface area contributed by atoms with E-state index in [0.717, 1.165) is 16.7 Å². The number of aromatic nitrogens is 5. The molecule has 0 fully saturated rings. The number of methoxy groups -OCH3 is 1. The van der Waals surface area contributed by atoms with Crippen LogP contribution in [0.25, 0.3) is 38.9 Å². The van der Waals surface area contributed by atoms with Crippen molar-refractivity contribution in [3.05, 3.63) is 70.2 Å². The third-order valence-corrected chi connectivity index (χ3v) is 5.28. The summed E-state index contributed by atoms with van der Waals surface area (Å²) in [4.78, 5) is 27.6. The van der Waals surface area contributed by atoms with Gasteiger partial charge in [-0.3, -0.25) is 13.9 Å². The van der Waals surface area contributed by atoms with Gasteiger partial charge >= 0.3 is 0 Å². The van der Waals surface area contributed by atoms with Crippen LogP contribution in [0.2, 0.25) is 5.02 Å². The Labute approximate surface area is 176 Å². The average Bonchev–Trinajstić information content (AvgIpc) is 3.07. The molecule has 3 aromatic heterocycles. The van der Waals surface area contributed by atoms with E-state index in [0.29, 0.717) is 46.8 Å². The number of ether oxygens (including phenoxy) is 1. The van der Waals surface area contributed by atoms with Gasteiger partial charge in [0, 0.05) is 25.3 Å². The van der Waals surface area contributed by atoms with Crippen molar-refractivity contribution in [3.8, 4) is 5.69 Å². The molecule has 0 amide bonds. The molecule has 0 aliphatic carbocycles. The Morgan fingerprint density at radius 1 is 1.03 bits per heavy atom. The lowest BCUT2D eigenvalue weighted by Crippen LogP contribution is -2.21. The Hall–Kier alpha value is -3.29. The summed E-state index contributed by atoms with van der Waals surface area (Å²) in [5.41, 5.74) is 3.71. The van der Waals surface area contributed by atoms with Gasteiger partial charge in [-0.2, -0.15) is 0 Å². The Balaban J connectivity index is 1.88. The smallest absolute Gasteiger partial charge is 0.265 e. The molecule has 3 heterocycles. The van der Waals surface area contributed by atoms with Crippen molar-refractivity contribution in [1.29, 1.82) is 0 Å². The molecule has 0 radical (unpaired) electrons. The quantitative estimate of drug-likeness (QED) is 0.403. The van der Waals surface area contributed by atoms with Gasteiger partial charge in [-0.15, -0.1) is 0 Å². The zero-order chi connectivity index (χ0) is 20.7. The van der Waals surface area contributed by atoms with Crippen molar-refractivity contribution < 1.29 is 4.74 Å². The highest BCUT2D eigenvalue weighted by molar-refractivity contribution is 6.30. The maximum atomic E-state index is 13.4. The zero-order valence-electron chi connectivity index (χ0n) is 16.2. The summed E-state index contributed by atoms with van der Waals surface area (Å²) in [6.07, 6.45) is 2.28. The van der Waals surface area contributed by atoms with Gasteiger partial charge in [-0.1, -0.05) is 29.8 Å². The van der Waals surface area contributed by atoms with Gasteiger partial charge in [0.15, 0.2) is 11.3 Å². The number of fused-ring (bicyclic) bond motifs is 4. The second kappa shape index (κ2) is 7.51. The molecule has 0 saturated carbocycles. The normalized spacial score (nSPS) is 11.7. The number of para-hydroxylation sites is 2. The van der Waals surface area contributed by atoms with Crippen LogP contribution in [0.5, 0.6) is 0 Å². The van der Waals surface area contributed by atoms with Crippen LogP contribution in [-0.2, 0) is 11.3 Å². The fraction of sp³-hybridized carbons (Fsp3) is 0.182. The summed E-state index contributed by atoms with van der Waals surface area (Å²) >= 11 is 6.24. The molecule has 5 aromatic rings. The third-order valence-electron chi connectivity index (χ3n) is 5.04. The minimum Gasteiger partial charge on any atom is -0.385 e. The second-order valence-corrected chi connectivity index (χ2v) is 7.42. The van der Waals surface area contributed by atoms with Crippen LogP contribution < -0.4 is 5.56 Å². The highest BCUT2D eigenvalue weighted by Crippen LogP contribution is 2.29. The van der Waals surface area contributed by atoms with Gasteiger partial charge in [0.05, 0.1) is 23.0 Å². The summed E-state index contributed by atoms with van der Waals surface area (Å²) in [5.74, 6) is 0. The van der Waals surface area contributed by atoms with Crippen molar-refractivity contribution in [1.82, 2.24) is 24.1 Å². The number of nitrogens with zero attached hydrogens (tertiary/aromatic N) is 5. The molecule has 2 aromatic carbocycles. The molecule has 0 N–H and O–H groups in total. The molecule has 30 heavy (non-hydrogen) atoms. The summed E-state index contributed by atoms with van der Waals surface area (Å²) in [5, 5.41) is 1.03.